The van der Waals surface area contributed by atoms with Gasteiger partial charge in [-0.2, -0.15) is 0 Å². The molecule has 0 bridgehead atoms. The Hall–Kier alpha value is -1.62. The van der Waals surface area contributed by atoms with Gasteiger partial charge >= 0.3 is 5.97 Å². The molecule has 2 rings (SSSR count). The molecule has 1 N–H and O–H groups in total. The number of hydrogen-bond donors (Lipinski definition) is 1. The lowest BCUT2D eigenvalue weighted by atomic mass is 9.95. The molecule has 0 saturated heterocycles. The summed E-state index contributed by atoms with van der Waals surface area (Å²) in [5.74, 6) is -0.783. The van der Waals surface area contributed by atoms with Crippen LogP contribution in [0.15, 0.2) is 12.3 Å². The van der Waals surface area contributed by atoms with Gasteiger partial charge < -0.3 is 14.6 Å². The standard InChI is InChI=1S/C14H19NO4/c1-9-6-7-15-13(12(9)14(16)17)19-11-5-3-4-10(8-11)18-2/h6-7,10-11H,3-5,8H2,1-2H3,(H,16,17). The molecule has 1 aromatic rings. The molecule has 1 aromatic heterocycles. The topological polar surface area (TPSA) is 68.7 Å². The second-order valence-corrected chi connectivity index (χ2v) is 4.88. The summed E-state index contributed by atoms with van der Waals surface area (Å²) in [7, 11) is 1.70. The Bertz CT molecular complexity index is 461. The van der Waals surface area contributed by atoms with Crippen LogP contribution in [0.1, 0.15) is 41.6 Å². The van der Waals surface area contributed by atoms with Crippen LogP contribution in [0.4, 0.5) is 0 Å². The van der Waals surface area contributed by atoms with Crippen LogP contribution < -0.4 is 4.74 Å². The Labute approximate surface area is 112 Å². The third-order valence-corrected chi connectivity index (χ3v) is 3.53. The van der Waals surface area contributed by atoms with Crippen LogP contribution in [0, 0.1) is 6.92 Å². The van der Waals surface area contributed by atoms with Crippen molar-refractivity contribution in [1.82, 2.24) is 4.98 Å². The van der Waals surface area contributed by atoms with Gasteiger partial charge in [-0.25, -0.2) is 9.78 Å². The molecule has 0 aliphatic heterocycles. The minimum atomic E-state index is -1.00. The molecular weight excluding hydrogens is 246 g/mol. The first-order valence-electron chi connectivity index (χ1n) is 6.50. The highest BCUT2D eigenvalue weighted by Gasteiger charge is 2.25. The van der Waals surface area contributed by atoms with E-state index in [9.17, 15) is 9.90 Å². The molecule has 104 valence electrons. The van der Waals surface area contributed by atoms with Crippen molar-refractivity contribution < 1.29 is 19.4 Å². The molecule has 5 heteroatoms. The van der Waals surface area contributed by atoms with E-state index in [-0.39, 0.29) is 23.7 Å². The first-order valence-corrected chi connectivity index (χ1v) is 6.50. The normalized spacial score (nSPS) is 23.1. The van der Waals surface area contributed by atoms with Gasteiger partial charge in [0, 0.05) is 19.7 Å². The SMILES string of the molecule is COC1CCCC(Oc2nccc(C)c2C(=O)O)C1. The van der Waals surface area contributed by atoms with E-state index in [0.29, 0.717) is 5.56 Å². The maximum atomic E-state index is 11.3. The monoisotopic (exact) mass is 265 g/mol. The number of aromatic nitrogens is 1. The molecule has 1 heterocycles. The summed E-state index contributed by atoms with van der Waals surface area (Å²) in [6, 6.07) is 1.68. The van der Waals surface area contributed by atoms with Crippen LogP contribution in [0.25, 0.3) is 0 Å². The minimum absolute atomic E-state index is 0.0221. The fourth-order valence-electron chi connectivity index (χ4n) is 2.46. The number of pyridine rings is 1. The number of aryl methyl sites for hydroxylation is 1. The fourth-order valence-corrected chi connectivity index (χ4v) is 2.46. The lowest BCUT2D eigenvalue weighted by Gasteiger charge is -2.28. The van der Waals surface area contributed by atoms with Crippen LogP contribution in [0.5, 0.6) is 5.88 Å². The molecule has 1 fully saturated rings. The van der Waals surface area contributed by atoms with E-state index in [2.05, 4.69) is 4.98 Å². The van der Waals surface area contributed by atoms with Gasteiger partial charge in [0.2, 0.25) is 5.88 Å². The predicted molar refractivity (Wildman–Crippen MR) is 69.6 cm³/mol. The predicted octanol–water partition coefficient (Wildman–Crippen LogP) is 2.42. The smallest absolute Gasteiger partial charge is 0.341 e. The van der Waals surface area contributed by atoms with Gasteiger partial charge in [-0.05, 0) is 37.8 Å². The van der Waals surface area contributed by atoms with Crippen molar-refractivity contribution in [2.24, 2.45) is 0 Å². The van der Waals surface area contributed by atoms with Crippen molar-refractivity contribution in [3.63, 3.8) is 0 Å². The largest absolute Gasteiger partial charge is 0.477 e. The first kappa shape index (κ1) is 13.8. The van der Waals surface area contributed by atoms with Crippen molar-refractivity contribution in [2.45, 2.75) is 44.8 Å². The molecule has 1 saturated carbocycles. The van der Waals surface area contributed by atoms with E-state index < -0.39 is 5.97 Å². The molecule has 0 radical (unpaired) electrons. The quantitative estimate of drug-likeness (QED) is 0.905. The molecule has 0 amide bonds. The Morgan fingerprint density at radius 2 is 2.16 bits per heavy atom. The van der Waals surface area contributed by atoms with Gasteiger partial charge in [-0.3, -0.25) is 0 Å². The summed E-state index contributed by atoms with van der Waals surface area (Å²) in [5.41, 5.74) is 0.818. The Kier molecular flexibility index (Phi) is 4.37. The van der Waals surface area contributed by atoms with Crippen LogP contribution in [-0.2, 0) is 4.74 Å². The van der Waals surface area contributed by atoms with Crippen molar-refractivity contribution in [2.75, 3.05) is 7.11 Å². The molecule has 0 aromatic carbocycles. The molecule has 1 aliphatic rings. The summed E-state index contributed by atoms with van der Waals surface area (Å²) < 4.78 is 11.1. The highest BCUT2D eigenvalue weighted by molar-refractivity contribution is 5.91. The molecule has 2 unspecified atom stereocenters. The van der Waals surface area contributed by atoms with Crippen molar-refractivity contribution >= 4 is 5.97 Å². The average Bonchev–Trinajstić information content (AvgIpc) is 2.38. The third kappa shape index (κ3) is 3.23. The molecule has 1 aliphatic carbocycles. The van der Waals surface area contributed by atoms with E-state index in [1.807, 2.05) is 0 Å². The van der Waals surface area contributed by atoms with E-state index >= 15 is 0 Å². The highest BCUT2D eigenvalue weighted by atomic mass is 16.5. The third-order valence-electron chi connectivity index (χ3n) is 3.53. The van der Waals surface area contributed by atoms with E-state index in [0.717, 1.165) is 25.7 Å². The van der Waals surface area contributed by atoms with Crippen molar-refractivity contribution in [3.8, 4) is 5.88 Å². The van der Waals surface area contributed by atoms with Gasteiger partial charge in [-0.15, -0.1) is 0 Å². The Balaban J connectivity index is 2.14. The number of nitrogens with zero attached hydrogens (tertiary/aromatic N) is 1. The van der Waals surface area contributed by atoms with Crippen LogP contribution in [-0.4, -0.2) is 35.4 Å². The van der Waals surface area contributed by atoms with Crippen molar-refractivity contribution in [1.29, 1.82) is 0 Å². The van der Waals surface area contributed by atoms with Gasteiger partial charge in [0.15, 0.2) is 0 Å². The molecule has 19 heavy (non-hydrogen) atoms. The zero-order valence-electron chi connectivity index (χ0n) is 11.3. The fraction of sp³-hybridized carbons (Fsp3) is 0.571. The number of aromatic carboxylic acids is 1. The number of ether oxygens (including phenoxy) is 2. The second kappa shape index (κ2) is 6.02. The van der Waals surface area contributed by atoms with Crippen LogP contribution in [0.2, 0.25) is 0 Å². The maximum absolute atomic E-state index is 11.3. The molecule has 0 spiro atoms. The molecule has 2 atom stereocenters. The lowest BCUT2D eigenvalue weighted by molar-refractivity contribution is 0.0189. The summed E-state index contributed by atoms with van der Waals surface area (Å²) in [4.78, 5) is 15.3. The summed E-state index contributed by atoms with van der Waals surface area (Å²) in [6.45, 7) is 1.75. The number of rotatable bonds is 4. The summed E-state index contributed by atoms with van der Waals surface area (Å²) >= 11 is 0. The minimum Gasteiger partial charge on any atom is -0.477 e. The van der Waals surface area contributed by atoms with Gasteiger partial charge in [0.25, 0.3) is 0 Å². The average molecular weight is 265 g/mol. The van der Waals surface area contributed by atoms with Gasteiger partial charge in [0.1, 0.15) is 11.7 Å². The summed E-state index contributed by atoms with van der Waals surface area (Å²) in [5, 5.41) is 9.23. The van der Waals surface area contributed by atoms with Crippen LogP contribution in [0.3, 0.4) is 0 Å². The first-order chi connectivity index (χ1) is 9.11. The van der Waals surface area contributed by atoms with E-state index in [1.165, 1.54) is 0 Å². The number of carboxylic acid groups (broad SMARTS) is 1. The lowest BCUT2D eigenvalue weighted by Crippen LogP contribution is -2.30. The molecule has 5 nitrogen and oxygen atoms in total. The maximum Gasteiger partial charge on any atom is 0.341 e. The van der Waals surface area contributed by atoms with Gasteiger partial charge in [0.05, 0.1) is 6.10 Å². The van der Waals surface area contributed by atoms with E-state index in [1.54, 1.807) is 26.3 Å². The number of methoxy groups -OCH3 is 1. The van der Waals surface area contributed by atoms with E-state index in [4.69, 9.17) is 9.47 Å². The van der Waals surface area contributed by atoms with Gasteiger partial charge in [-0.1, -0.05) is 0 Å². The second-order valence-electron chi connectivity index (χ2n) is 4.88. The number of hydrogen-bond acceptors (Lipinski definition) is 4. The Morgan fingerprint density at radius 3 is 2.84 bits per heavy atom. The van der Waals surface area contributed by atoms with Crippen molar-refractivity contribution in [3.05, 3.63) is 23.4 Å². The molecular formula is C14H19NO4. The van der Waals surface area contributed by atoms with Crippen LogP contribution >= 0.6 is 0 Å². The zero-order chi connectivity index (χ0) is 13.8. The number of carbonyl (C=O) groups is 1. The number of carboxylic acids is 1. The Morgan fingerprint density at radius 1 is 1.42 bits per heavy atom. The highest BCUT2D eigenvalue weighted by Crippen LogP contribution is 2.27. The summed E-state index contributed by atoms with van der Waals surface area (Å²) in [6.07, 6.45) is 5.50. The zero-order valence-corrected chi connectivity index (χ0v) is 11.3.